The largest absolute Gasteiger partial charge is 0.391 e. The van der Waals surface area contributed by atoms with Crippen LogP contribution in [0, 0.1) is 5.82 Å². The fourth-order valence-electron chi connectivity index (χ4n) is 1.25. The van der Waals surface area contributed by atoms with Gasteiger partial charge in [-0.25, -0.2) is 4.39 Å². The lowest BCUT2D eigenvalue weighted by Crippen LogP contribution is -2.54. The molecule has 0 aliphatic rings. The number of nitrogens with one attached hydrogen (secondary N) is 1. The fraction of sp³-hybridized carbons (Fsp3) is 0.333. The van der Waals surface area contributed by atoms with Crippen molar-refractivity contribution in [3.63, 3.8) is 0 Å². The van der Waals surface area contributed by atoms with E-state index in [1.807, 2.05) is 6.92 Å². The molecule has 1 rings (SSSR count). The third-order valence-corrected chi connectivity index (χ3v) is 3.20. The molecule has 1 atom stereocenters. The molecule has 5 heteroatoms. The first kappa shape index (κ1) is 13.6. The Morgan fingerprint density at radius 2 is 2.00 bits per heavy atom. The van der Waals surface area contributed by atoms with Crippen LogP contribution in [0.1, 0.15) is 30.6 Å². The van der Waals surface area contributed by atoms with E-state index in [4.69, 9.17) is 18.0 Å². The quantitative estimate of drug-likeness (QED) is 0.808. The van der Waals surface area contributed by atoms with Crippen molar-refractivity contribution in [1.82, 2.24) is 5.32 Å². The van der Waals surface area contributed by atoms with E-state index in [9.17, 15) is 9.18 Å². The molecular formula is C12H15FN2OS. The van der Waals surface area contributed by atoms with Gasteiger partial charge in [-0.3, -0.25) is 4.79 Å². The van der Waals surface area contributed by atoms with Crippen molar-refractivity contribution in [1.29, 1.82) is 0 Å². The standard InChI is InChI=1S/C12H15FN2OS/c1-3-12(2,11(14)17)15-10(16)8-4-6-9(13)7-5-8/h4-7H,3H2,1-2H3,(H2,14,17)(H,15,16). The first-order valence-corrected chi connectivity index (χ1v) is 5.68. The molecule has 1 aromatic carbocycles. The minimum absolute atomic E-state index is 0.232. The second kappa shape index (κ2) is 5.23. The van der Waals surface area contributed by atoms with E-state index in [-0.39, 0.29) is 16.7 Å². The predicted octanol–water partition coefficient (Wildman–Crippen LogP) is 2.01. The van der Waals surface area contributed by atoms with Crippen molar-refractivity contribution in [2.24, 2.45) is 5.73 Å². The van der Waals surface area contributed by atoms with Crippen LogP contribution >= 0.6 is 12.2 Å². The minimum atomic E-state index is -0.721. The second-order valence-electron chi connectivity index (χ2n) is 4.01. The number of hydrogen-bond acceptors (Lipinski definition) is 2. The van der Waals surface area contributed by atoms with Gasteiger partial charge in [0.2, 0.25) is 0 Å². The summed E-state index contributed by atoms with van der Waals surface area (Å²) in [4.78, 5) is 12.1. The average Bonchev–Trinajstić information content (AvgIpc) is 2.29. The monoisotopic (exact) mass is 254 g/mol. The van der Waals surface area contributed by atoms with Crippen LogP contribution < -0.4 is 11.1 Å². The summed E-state index contributed by atoms with van der Waals surface area (Å²) in [5.41, 5.74) is 5.24. The normalized spacial score (nSPS) is 13.8. The predicted molar refractivity (Wildman–Crippen MR) is 69.3 cm³/mol. The molecule has 3 N–H and O–H groups in total. The average molecular weight is 254 g/mol. The van der Waals surface area contributed by atoms with Crippen LogP contribution in [-0.4, -0.2) is 16.4 Å². The van der Waals surface area contributed by atoms with E-state index in [0.717, 1.165) is 0 Å². The van der Waals surface area contributed by atoms with Gasteiger partial charge in [-0.2, -0.15) is 0 Å². The van der Waals surface area contributed by atoms with Crippen LogP contribution in [0.2, 0.25) is 0 Å². The fourth-order valence-corrected chi connectivity index (χ4v) is 1.44. The van der Waals surface area contributed by atoms with Crippen molar-refractivity contribution >= 4 is 23.1 Å². The third-order valence-electron chi connectivity index (χ3n) is 2.75. The highest BCUT2D eigenvalue weighted by Gasteiger charge is 2.27. The SMILES string of the molecule is CCC(C)(NC(=O)c1ccc(F)cc1)C(N)=S. The van der Waals surface area contributed by atoms with Gasteiger partial charge in [-0.05, 0) is 37.6 Å². The second-order valence-corrected chi connectivity index (χ2v) is 4.45. The van der Waals surface area contributed by atoms with Crippen molar-refractivity contribution in [2.75, 3.05) is 0 Å². The summed E-state index contributed by atoms with van der Waals surface area (Å²) in [6.07, 6.45) is 0.593. The number of benzene rings is 1. The molecule has 0 aliphatic carbocycles. The number of carbonyl (C=O) groups is 1. The molecule has 17 heavy (non-hydrogen) atoms. The minimum Gasteiger partial charge on any atom is -0.391 e. The summed E-state index contributed by atoms with van der Waals surface area (Å²) in [6.45, 7) is 3.64. The van der Waals surface area contributed by atoms with E-state index >= 15 is 0 Å². The molecule has 0 saturated heterocycles. The maximum atomic E-state index is 12.7. The van der Waals surface area contributed by atoms with Crippen molar-refractivity contribution < 1.29 is 9.18 Å². The summed E-state index contributed by atoms with van der Waals surface area (Å²) in [5, 5.41) is 2.75. The highest BCUT2D eigenvalue weighted by atomic mass is 32.1. The Morgan fingerprint density at radius 3 is 2.41 bits per heavy atom. The Kier molecular flexibility index (Phi) is 4.17. The Morgan fingerprint density at radius 1 is 1.47 bits per heavy atom. The zero-order valence-electron chi connectivity index (χ0n) is 9.79. The molecule has 0 heterocycles. The first-order chi connectivity index (χ1) is 7.89. The molecule has 0 spiro atoms. The number of rotatable bonds is 4. The van der Waals surface area contributed by atoms with E-state index in [1.165, 1.54) is 24.3 Å². The molecule has 0 bridgehead atoms. The van der Waals surface area contributed by atoms with Crippen LogP contribution in [0.25, 0.3) is 0 Å². The van der Waals surface area contributed by atoms with Crippen LogP contribution in [0.5, 0.6) is 0 Å². The molecule has 1 amide bonds. The van der Waals surface area contributed by atoms with Gasteiger partial charge in [0, 0.05) is 5.56 Å². The maximum Gasteiger partial charge on any atom is 0.252 e. The van der Waals surface area contributed by atoms with E-state index in [2.05, 4.69) is 5.32 Å². The molecular weight excluding hydrogens is 239 g/mol. The zero-order valence-corrected chi connectivity index (χ0v) is 10.6. The highest BCUT2D eigenvalue weighted by molar-refractivity contribution is 7.80. The van der Waals surface area contributed by atoms with Gasteiger partial charge < -0.3 is 11.1 Å². The maximum absolute atomic E-state index is 12.7. The Labute approximate surface area is 105 Å². The van der Waals surface area contributed by atoms with Gasteiger partial charge >= 0.3 is 0 Å². The van der Waals surface area contributed by atoms with Crippen LogP contribution in [0.15, 0.2) is 24.3 Å². The molecule has 1 unspecified atom stereocenters. The van der Waals surface area contributed by atoms with Crippen molar-refractivity contribution in [3.8, 4) is 0 Å². The Hall–Kier alpha value is -1.49. The van der Waals surface area contributed by atoms with E-state index in [0.29, 0.717) is 12.0 Å². The van der Waals surface area contributed by atoms with Gasteiger partial charge in [0.15, 0.2) is 0 Å². The Bertz CT molecular complexity index is 433. The van der Waals surface area contributed by atoms with Gasteiger partial charge in [0.25, 0.3) is 5.91 Å². The number of amides is 1. The molecule has 0 aromatic heterocycles. The van der Waals surface area contributed by atoms with Crippen LogP contribution in [0.3, 0.4) is 0 Å². The topological polar surface area (TPSA) is 55.1 Å². The van der Waals surface area contributed by atoms with Crippen molar-refractivity contribution in [3.05, 3.63) is 35.6 Å². The third kappa shape index (κ3) is 3.23. The summed E-state index contributed by atoms with van der Waals surface area (Å²) in [7, 11) is 0. The molecule has 0 saturated carbocycles. The summed E-state index contributed by atoms with van der Waals surface area (Å²) < 4.78 is 12.7. The summed E-state index contributed by atoms with van der Waals surface area (Å²) in [5.74, 6) is -0.698. The number of thiocarbonyl (C=S) groups is 1. The molecule has 1 aromatic rings. The summed E-state index contributed by atoms with van der Waals surface area (Å²) >= 11 is 4.92. The molecule has 0 aliphatic heterocycles. The Balaban J connectivity index is 2.85. The lowest BCUT2D eigenvalue weighted by atomic mass is 9.98. The first-order valence-electron chi connectivity index (χ1n) is 5.27. The number of carbonyl (C=O) groups excluding carboxylic acids is 1. The number of hydrogen-bond donors (Lipinski definition) is 2. The van der Waals surface area contributed by atoms with Gasteiger partial charge in [-0.1, -0.05) is 19.1 Å². The lowest BCUT2D eigenvalue weighted by Gasteiger charge is -2.28. The smallest absolute Gasteiger partial charge is 0.252 e. The van der Waals surface area contributed by atoms with Crippen LogP contribution in [-0.2, 0) is 0 Å². The molecule has 0 fully saturated rings. The van der Waals surface area contributed by atoms with Gasteiger partial charge in [0.05, 0.1) is 10.5 Å². The van der Waals surface area contributed by atoms with E-state index < -0.39 is 5.54 Å². The van der Waals surface area contributed by atoms with E-state index in [1.54, 1.807) is 6.92 Å². The number of nitrogens with two attached hydrogens (primary N) is 1. The van der Waals surface area contributed by atoms with Gasteiger partial charge in [0.1, 0.15) is 5.82 Å². The molecule has 92 valence electrons. The molecule has 0 radical (unpaired) electrons. The highest BCUT2D eigenvalue weighted by Crippen LogP contribution is 2.11. The lowest BCUT2D eigenvalue weighted by molar-refractivity contribution is 0.0926. The van der Waals surface area contributed by atoms with Crippen LogP contribution in [0.4, 0.5) is 4.39 Å². The summed E-state index contributed by atoms with van der Waals surface area (Å²) in [6, 6.07) is 5.30. The van der Waals surface area contributed by atoms with Gasteiger partial charge in [-0.15, -0.1) is 0 Å². The molecule has 3 nitrogen and oxygen atoms in total. The number of halogens is 1. The van der Waals surface area contributed by atoms with Crippen molar-refractivity contribution in [2.45, 2.75) is 25.8 Å². The zero-order chi connectivity index (χ0) is 13.1.